The van der Waals surface area contributed by atoms with Gasteiger partial charge in [-0.15, -0.1) is 0 Å². The van der Waals surface area contributed by atoms with Crippen LogP contribution in [0.3, 0.4) is 0 Å². The summed E-state index contributed by atoms with van der Waals surface area (Å²) >= 11 is 0. The zero-order valence-electron chi connectivity index (χ0n) is 11.8. The molecule has 0 fully saturated rings. The van der Waals surface area contributed by atoms with Crippen LogP contribution in [0, 0.1) is 5.92 Å². The first-order valence-electron chi connectivity index (χ1n) is 6.84. The van der Waals surface area contributed by atoms with Crippen molar-refractivity contribution in [1.29, 1.82) is 0 Å². The molecule has 0 aromatic carbocycles. The van der Waals surface area contributed by atoms with Gasteiger partial charge >= 0.3 is 5.97 Å². The Morgan fingerprint density at radius 2 is 1.90 bits per heavy atom. The number of carbonyl (C=O) groups is 4. The number of fused-ring (bicyclic) bond motifs is 1. The lowest BCUT2D eigenvalue weighted by Gasteiger charge is -2.41. The number of hydrogen-bond donors (Lipinski definition) is 0. The molecular formula is C16H14O5. The van der Waals surface area contributed by atoms with Crippen LogP contribution in [0.15, 0.2) is 34.9 Å². The van der Waals surface area contributed by atoms with Crippen molar-refractivity contribution in [1.82, 2.24) is 0 Å². The van der Waals surface area contributed by atoms with Crippen molar-refractivity contribution in [2.75, 3.05) is 0 Å². The molecule has 5 heteroatoms. The third-order valence-electron chi connectivity index (χ3n) is 4.34. The fourth-order valence-electron chi connectivity index (χ4n) is 3.24. The SMILES string of the molecule is CC1=CC(=O)C2=C(C1=O)[C@]1(CC[C@H]2C)OC(=O)C=CC1=O. The monoisotopic (exact) mass is 286 g/mol. The van der Waals surface area contributed by atoms with E-state index in [1.165, 1.54) is 13.0 Å². The highest BCUT2D eigenvalue weighted by Crippen LogP contribution is 2.45. The fourth-order valence-corrected chi connectivity index (χ4v) is 3.24. The van der Waals surface area contributed by atoms with Gasteiger partial charge in [0.05, 0.1) is 5.57 Å². The summed E-state index contributed by atoms with van der Waals surface area (Å²) in [6, 6.07) is 0. The zero-order chi connectivity index (χ0) is 15.4. The lowest BCUT2D eigenvalue weighted by molar-refractivity contribution is -0.161. The van der Waals surface area contributed by atoms with Gasteiger partial charge in [0, 0.05) is 17.2 Å². The van der Waals surface area contributed by atoms with E-state index in [-0.39, 0.29) is 35.1 Å². The van der Waals surface area contributed by atoms with E-state index in [1.807, 2.05) is 6.92 Å². The first-order valence-corrected chi connectivity index (χ1v) is 6.84. The fraction of sp³-hybridized carbons (Fsp3) is 0.375. The van der Waals surface area contributed by atoms with E-state index in [4.69, 9.17) is 4.74 Å². The first-order chi connectivity index (χ1) is 9.86. The number of ketones is 3. The molecule has 0 unspecified atom stereocenters. The van der Waals surface area contributed by atoms with Gasteiger partial charge in [-0.25, -0.2) is 4.79 Å². The van der Waals surface area contributed by atoms with Gasteiger partial charge in [-0.05, 0) is 37.8 Å². The molecule has 1 spiro atoms. The number of rotatable bonds is 0. The van der Waals surface area contributed by atoms with E-state index in [2.05, 4.69) is 0 Å². The molecule has 0 N–H and O–H groups in total. The zero-order valence-corrected chi connectivity index (χ0v) is 11.8. The van der Waals surface area contributed by atoms with E-state index in [9.17, 15) is 19.2 Å². The molecule has 0 aromatic heterocycles. The van der Waals surface area contributed by atoms with Crippen molar-refractivity contribution in [3.63, 3.8) is 0 Å². The molecule has 0 saturated heterocycles. The second-order valence-electron chi connectivity index (χ2n) is 5.69. The minimum absolute atomic E-state index is 0.0638. The number of allylic oxidation sites excluding steroid dienone is 3. The van der Waals surface area contributed by atoms with Gasteiger partial charge in [-0.1, -0.05) is 6.92 Å². The summed E-state index contributed by atoms with van der Waals surface area (Å²) in [5.74, 6) is -1.90. The topological polar surface area (TPSA) is 77.5 Å². The van der Waals surface area contributed by atoms with Crippen LogP contribution in [0.1, 0.15) is 26.7 Å². The van der Waals surface area contributed by atoms with E-state index >= 15 is 0 Å². The molecule has 2 atom stereocenters. The highest BCUT2D eigenvalue weighted by molar-refractivity contribution is 6.27. The molecule has 108 valence electrons. The molecule has 5 nitrogen and oxygen atoms in total. The molecule has 3 aliphatic rings. The largest absolute Gasteiger partial charge is 0.442 e. The Balaban J connectivity index is 2.27. The third-order valence-corrected chi connectivity index (χ3v) is 4.34. The summed E-state index contributed by atoms with van der Waals surface area (Å²) in [4.78, 5) is 48.8. The predicted molar refractivity (Wildman–Crippen MR) is 72.2 cm³/mol. The van der Waals surface area contributed by atoms with E-state index < -0.39 is 17.4 Å². The van der Waals surface area contributed by atoms with Crippen LogP contribution in [-0.4, -0.2) is 28.9 Å². The number of carbonyl (C=O) groups excluding carboxylic acids is 4. The maximum absolute atomic E-state index is 12.5. The van der Waals surface area contributed by atoms with Crippen LogP contribution < -0.4 is 0 Å². The van der Waals surface area contributed by atoms with Gasteiger partial charge < -0.3 is 4.74 Å². The van der Waals surface area contributed by atoms with Gasteiger partial charge in [-0.3, -0.25) is 14.4 Å². The summed E-state index contributed by atoms with van der Waals surface area (Å²) in [5.41, 5.74) is -0.969. The number of hydrogen-bond acceptors (Lipinski definition) is 5. The summed E-state index contributed by atoms with van der Waals surface area (Å²) in [5, 5.41) is 0. The van der Waals surface area contributed by atoms with Gasteiger partial charge in [0.2, 0.25) is 11.4 Å². The van der Waals surface area contributed by atoms with Crippen molar-refractivity contribution in [3.8, 4) is 0 Å². The van der Waals surface area contributed by atoms with Crippen LogP contribution in [-0.2, 0) is 23.9 Å². The van der Waals surface area contributed by atoms with E-state index in [1.54, 1.807) is 0 Å². The third kappa shape index (κ3) is 1.77. The Hall–Kier alpha value is -2.30. The van der Waals surface area contributed by atoms with Crippen molar-refractivity contribution in [2.45, 2.75) is 32.3 Å². The summed E-state index contributed by atoms with van der Waals surface area (Å²) in [6.45, 7) is 3.37. The molecule has 1 aliphatic heterocycles. The van der Waals surface area contributed by atoms with Crippen LogP contribution in [0.5, 0.6) is 0 Å². The second kappa shape index (κ2) is 4.35. The minimum Gasteiger partial charge on any atom is -0.442 e. The second-order valence-corrected chi connectivity index (χ2v) is 5.69. The summed E-state index contributed by atoms with van der Waals surface area (Å²) in [6.07, 6.45) is 4.22. The maximum Gasteiger partial charge on any atom is 0.332 e. The Morgan fingerprint density at radius 3 is 2.62 bits per heavy atom. The summed E-state index contributed by atoms with van der Waals surface area (Å²) < 4.78 is 5.28. The summed E-state index contributed by atoms with van der Waals surface area (Å²) in [7, 11) is 0. The molecule has 2 aliphatic carbocycles. The van der Waals surface area contributed by atoms with Crippen molar-refractivity contribution in [2.24, 2.45) is 5.92 Å². The van der Waals surface area contributed by atoms with Crippen LogP contribution >= 0.6 is 0 Å². The molecular weight excluding hydrogens is 272 g/mol. The maximum atomic E-state index is 12.5. The average molecular weight is 286 g/mol. The normalized spacial score (nSPS) is 32.3. The highest BCUT2D eigenvalue weighted by Gasteiger charge is 2.54. The van der Waals surface area contributed by atoms with Crippen molar-refractivity contribution in [3.05, 3.63) is 34.9 Å². The molecule has 3 rings (SSSR count). The number of Topliss-reactive ketones (excluding diaryl/α,β-unsaturated/α-hetero) is 1. The number of ether oxygens (including phenoxy) is 1. The molecule has 0 bridgehead atoms. The quantitative estimate of drug-likeness (QED) is 0.494. The lowest BCUT2D eigenvalue weighted by atomic mass is 9.66. The Morgan fingerprint density at radius 1 is 1.19 bits per heavy atom. The average Bonchev–Trinajstić information content (AvgIpc) is 2.43. The molecule has 0 saturated carbocycles. The van der Waals surface area contributed by atoms with Crippen molar-refractivity contribution < 1.29 is 23.9 Å². The Bertz CT molecular complexity index is 691. The molecule has 21 heavy (non-hydrogen) atoms. The lowest BCUT2D eigenvalue weighted by Crippen LogP contribution is -2.52. The Kier molecular flexibility index (Phi) is 2.83. The molecule has 0 radical (unpaired) electrons. The van der Waals surface area contributed by atoms with Crippen LogP contribution in [0.2, 0.25) is 0 Å². The molecule has 1 heterocycles. The van der Waals surface area contributed by atoms with Crippen molar-refractivity contribution >= 4 is 23.3 Å². The Labute approximate surface area is 121 Å². The smallest absolute Gasteiger partial charge is 0.332 e. The first kappa shape index (κ1) is 13.7. The van der Waals surface area contributed by atoms with Crippen LogP contribution in [0.4, 0.5) is 0 Å². The minimum atomic E-state index is -1.62. The van der Waals surface area contributed by atoms with Gasteiger partial charge in [0.25, 0.3) is 0 Å². The van der Waals surface area contributed by atoms with E-state index in [0.29, 0.717) is 12.0 Å². The molecule has 0 amide bonds. The van der Waals surface area contributed by atoms with Gasteiger partial charge in [-0.2, -0.15) is 0 Å². The van der Waals surface area contributed by atoms with Gasteiger partial charge in [0.15, 0.2) is 11.6 Å². The standard InChI is InChI=1S/C16H14O5/c1-8-5-6-16(11(18)3-4-12(19)21-16)14-13(8)10(17)7-9(2)15(14)20/h3-4,7-8H,5-6H2,1-2H3/t8-,16-/m1/s1. The van der Waals surface area contributed by atoms with E-state index in [0.717, 1.165) is 12.2 Å². The number of esters is 1. The van der Waals surface area contributed by atoms with Crippen LogP contribution in [0.25, 0.3) is 0 Å². The predicted octanol–water partition coefficient (Wildman–Crippen LogP) is 1.23. The molecule has 0 aromatic rings. The van der Waals surface area contributed by atoms with Gasteiger partial charge in [0.1, 0.15) is 0 Å². The highest BCUT2D eigenvalue weighted by atomic mass is 16.6.